The van der Waals surface area contributed by atoms with Crippen LogP contribution >= 0.6 is 0 Å². The third kappa shape index (κ3) is 7.30. The van der Waals surface area contributed by atoms with E-state index >= 15 is 0 Å². The summed E-state index contributed by atoms with van der Waals surface area (Å²) in [5.74, 6) is 2.80. The maximum Gasteiger partial charge on any atom is 0.225 e. The Kier molecular flexibility index (Phi) is 9.57. The molecular formula is C34H43N5O5. The summed E-state index contributed by atoms with van der Waals surface area (Å²) in [5, 5.41) is 14.3. The van der Waals surface area contributed by atoms with Crippen molar-refractivity contribution in [3.63, 3.8) is 0 Å². The van der Waals surface area contributed by atoms with E-state index in [-0.39, 0.29) is 24.2 Å². The van der Waals surface area contributed by atoms with E-state index in [1.165, 1.54) is 23.9 Å². The Morgan fingerprint density at radius 3 is 2.75 bits per heavy atom. The standard InChI is InChI=1S/C34H43N5O5/c1-23-30-12-14-38(19-26(30)5-8-32(23)43-21-29-18-35-22-44-29)20-28(40)6-7-31(41)25-9-13-36-33(17-25)37-27-10-15-39(16-11-27)34(42)24-3-2-4-24/h5,8-9,13,17-18,22,24,27-28,40H,2-4,6-7,10-12,14-16,19-21H2,1H3,(H,36,37)/t28-/m0/s1. The molecule has 4 heterocycles. The molecule has 2 N–H and O–H groups in total. The summed E-state index contributed by atoms with van der Waals surface area (Å²) in [6, 6.07) is 7.90. The molecular weight excluding hydrogens is 558 g/mol. The molecule has 10 heteroatoms. The molecule has 3 aliphatic rings. The number of piperidine rings is 1. The maximum atomic E-state index is 13.0. The van der Waals surface area contributed by atoms with Gasteiger partial charge in [-0.3, -0.25) is 14.5 Å². The van der Waals surface area contributed by atoms with Crippen molar-refractivity contribution in [1.29, 1.82) is 0 Å². The Morgan fingerprint density at radius 2 is 2.00 bits per heavy atom. The average Bonchev–Trinajstić information content (AvgIpc) is 3.53. The van der Waals surface area contributed by atoms with Crippen molar-refractivity contribution < 1.29 is 23.8 Å². The third-order valence-corrected chi connectivity index (χ3v) is 9.44. The first-order valence-corrected chi connectivity index (χ1v) is 16.0. The normalized spacial score (nSPS) is 18.4. The van der Waals surface area contributed by atoms with Gasteiger partial charge in [0.1, 0.15) is 18.2 Å². The minimum atomic E-state index is -0.585. The van der Waals surface area contributed by atoms with E-state index in [2.05, 4.69) is 33.2 Å². The van der Waals surface area contributed by atoms with Gasteiger partial charge in [0, 0.05) is 62.9 Å². The Labute approximate surface area is 258 Å². The van der Waals surface area contributed by atoms with Crippen LogP contribution in [0.15, 0.2) is 47.5 Å². The monoisotopic (exact) mass is 601 g/mol. The zero-order valence-electron chi connectivity index (χ0n) is 25.5. The largest absolute Gasteiger partial charge is 0.485 e. The first-order chi connectivity index (χ1) is 21.4. The van der Waals surface area contributed by atoms with E-state index in [1.807, 2.05) is 17.0 Å². The summed E-state index contributed by atoms with van der Waals surface area (Å²) in [6.45, 7) is 6.11. The fourth-order valence-corrected chi connectivity index (χ4v) is 6.53. The number of rotatable bonds is 12. The summed E-state index contributed by atoms with van der Waals surface area (Å²) >= 11 is 0. The number of carbonyl (C=O) groups is 2. The van der Waals surface area contributed by atoms with E-state index in [1.54, 1.807) is 18.5 Å². The number of nitrogens with one attached hydrogen (secondary N) is 1. The minimum Gasteiger partial charge on any atom is -0.485 e. The fourth-order valence-electron chi connectivity index (χ4n) is 6.53. The number of ether oxygens (including phenoxy) is 1. The molecule has 234 valence electrons. The minimum absolute atomic E-state index is 0.00730. The smallest absolute Gasteiger partial charge is 0.225 e. The molecule has 0 spiro atoms. The van der Waals surface area contributed by atoms with Gasteiger partial charge in [-0.15, -0.1) is 0 Å². The first-order valence-electron chi connectivity index (χ1n) is 16.0. The lowest BCUT2D eigenvalue weighted by molar-refractivity contribution is -0.139. The lowest BCUT2D eigenvalue weighted by Gasteiger charge is -2.36. The predicted molar refractivity (Wildman–Crippen MR) is 165 cm³/mol. The molecule has 3 aromatic rings. The van der Waals surface area contributed by atoms with Gasteiger partial charge in [0.15, 0.2) is 17.9 Å². The van der Waals surface area contributed by atoms with Crippen molar-refractivity contribution in [3.05, 3.63) is 71.1 Å². The maximum absolute atomic E-state index is 13.0. The van der Waals surface area contributed by atoms with Gasteiger partial charge in [0.2, 0.25) is 5.91 Å². The summed E-state index contributed by atoms with van der Waals surface area (Å²) < 4.78 is 11.2. The van der Waals surface area contributed by atoms with Crippen LogP contribution in [0.2, 0.25) is 0 Å². The molecule has 1 amide bonds. The summed E-state index contributed by atoms with van der Waals surface area (Å²) in [7, 11) is 0. The second-order valence-electron chi connectivity index (χ2n) is 12.5. The SMILES string of the molecule is Cc1c(OCc2cnco2)ccc2c1CCN(C[C@@H](O)CCC(=O)c1ccnc(NC3CCN(C(=O)C4CCC4)CC3)c1)C2. The quantitative estimate of drug-likeness (QED) is 0.288. The Balaban J connectivity index is 0.938. The van der Waals surface area contributed by atoms with Crippen LogP contribution in [0.1, 0.15) is 77.8 Å². The second kappa shape index (κ2) is 13.9. The summed E-state index contributed by atoms with van der Waals surface area (Å²) in [5.41, 5.74) is 4.30. The highest BCUT2D eigenvalue weighted by atomic mass is 16.5. The number of anilines is 1. The topological polar surface area (TPSA) is 121 Å². The van der Waals surface area contributed by atoms with Crippen LogP contribution in [0.25, 0.3) is 0 Å². The van der Waals surface area contributed by atoms with Crippen LogP contribution in [0.3, 0.4) is 0 Å². The number of nitrogens with zero attached hydrogens (tertiary/aromatic N) is 4. The van der Waals surface area contributed by atoms with Gasteiger partial charge < -0.3 is 24.5 Å². The number of amides is 1. The first kappa shape index (κ1) is 30.3. The predicted octanol–water partition coefficient (Wildman–Crippen LogP) is 4.54. The molecule has 1 saturated heterocycles. The molecule has 44 heavy (non-hydrogen) atoms. The van der Waals surface area contributed by atoms with Gasteiger partial charge in [-0.25, -0.2) is 9.97 Å². The summed E-state index contributed by atoms with van der Waals surface area (Å²) in [6.07, 6.45) is 10.7. The van der Waals surface area contributed by atoms with Crippen LogP contribution in [0.5, 0.6) is 5.75 Å². The Bertz CT molecular complexity index is 1430. The molecule has 0 bridgehead atoms. The lowest BCUT2D eigenvalue weighted by Crippen LogP contribution is -2.46. The number of pyridine rings is 1. The van der Waals surface area contributed by atoms with Crippen LogP contribution in [0, 0.1) is 12.8 Å². The molecule has 0 unspecified atom stereocenters. The molecule has 1 aliphatic carbocycles. The van der Waals surface area contributed by atoms with Crippen molar-refractivity contribution in [3.8, 4) is 5.75 Å². The van der Waals surface area contributed by atoms with Gasteiger partial charge in [-0.2, -0.15) is 0 Å². The molecule has 1 saturated carbocycles. The lowest BCUT2D eigenvalue weighted by atomic mass is 9.84. The number of aromatic nitrogens is 2. The fraction of sp³-hybridized carbons (Fsp3) is 0.529. The van der Waals surface area contributed by atoms with Crippen LogP contribution in [0.4, 0.5) is 5.82 Å². The number of hydrogen-bond donors (Lipinski definition) is 2. The van der Waals surface area contributed by atoms with Gasteiger partial charge in [0.05, 0.1) is 12.3 Å². The average molecular weight is 602 g/mol. The van der Waals surface area contributed by atoms with Crippen molar-refractivity contribution in [2.45, 2.75) is 83.6 Å². The number of likely N-dealkylation sites (tertiary alicyclic amines) is 1. The summed E-state index contributed by atoms with van der Waals surface area (Å²) in [4.78, 5) is 38.2. The molecule has 10 nitrogen and oxygen atoms in total. The van der Waals surface area contributed by atoms with E-state index in [9.17, 15) is 14.7 Å². The zero-order valence-corrected chi connectivity index (χ0v) is 25.5. The molecule has 2 aromatic heterocycles. The van der Waals surface area contributed by atoms with Gasteiger partial charge in [-0.05, 0) is 80.3 Å². The number of fused-ring (bicyclic) bond motifs is 1. The van der Waals surface area contributed by atoms with E-state index < -0.39 is 6.10 Å². The zero-order chi connectivity index (χ0) is 30.5. The van der Waals surface area contributed by atoms with Crippen molar-refractivity contribution in [2.24, 2.45) is 5.92 Å². The molecule has 1 atom stereocenters. The molecule has 6 rings (SSSR count). The van der Waals surface area contributed by atoms with Crippen LogP contribution in [-0.2, 0) is 24.4 Å². The number of oxazole rings is 1. The number of β-amino-alcohol motifs (C(OH)–C–C–N with tert-alkyl or cyclic N) is 1. The number of hydrogen-bond acceptors (Lipinski definition) is 9. The van der Waals surface area contributed by atoms with Crippen LogP contribution in [-0.4, -0.2) is 74.9 Å². The number of benzene rings is 1. The van der Waals surface area contributed by atoms with Crippen LogP contribution < -0.4 is 10.1 Å². The van der Waals surface area contributed by atoms with E-state index in [0.717, 1.165) is 69.6 Å². The molecule has 2 aliphatic heterocycles. The van der Waals surface area contributed by atoms with Crippen molar-refractivity contribution in [1.82, 2.24) is 19.8 Å². The van der Waals surface area contributed by atoms with Gasteiger partial charge in [-0.1, -0.05) is 12.5 Å². The highest BCUT2D eigenvalue weighted by Crippen LogP contribution is 2.31. The number of Topliss-reactive ketones (excluding diaryl/α,β-unsaturated/α-hetero) is 1. The highest BCUT2D eigenvalue weighted by molar-refractivity contribution is 5.96. The number of ketones is 1. The number of aliphatic hydroxyl groups is 1. The van der Waals surface area contributed by atoms with E-state index in [4.69, 9.17) is 9.15 Å². The third-order valence-electron chi connectivity index (χ3n) is 9.44. The van der Waals surface area contributed by atoms with Crippen molar-refractivity contribution in [2.75, 3.05) is 31.5 Å². The van der Waals surface area contributed by atoms with Gasteiger partial charge in [0.25, 0.3) is 0 Å². The number of carbonyl (C=O) groups excluding carboxylic acids is 2. The Morgan fingerprint density at radius 1 is 1.16 bits per heavy atom. The van der Waals surface area contributed by atoms with Crippen molar-refractivity contribution >= 4 is 17.5 Å². The number of aliphatic hydroxyl groups excluding tert-OH is 1. The van der Waals surface area contributed by atoms with E-state index in [0.29, 0.717) is 42.6 Å². The second-order valence-corrected chi connectivity index (χ2v) is 12.5. The molecule has 1 aromatic carbocycles. The highest BCUT2D eigenvalue weighted by Gasteiger charge is 2.31. The molecule has 0 radical (unpaired) electrons. The Hall–Kier alpha value is -3.76. The van der Waals surface area contributed by atoms with Gasteiger partial charge >= 0.3 is 0 Å². The molecule has 2 fully saturated rings.